The number of para-hydroxylation sites is 1. The van der Waals surface area contributed by atoms with Gasteiger partial charge in [0, 0.05) is 30.2 Å². The fourth-order valence-electron chi connectivity index (χ4n) is 6.98. The maximum atomic E-state index is 15.1. The predicted molar refractivity (Wildman–Crippen MR) is 171 cm³/mol. The third-order valence-corrected chi connectivity index (χ3v) is 9.63. The van der Waals surface area contributed by atoms with E-state index < -0.39 is 17.5 Å². The van der Waals surface area contributed by atoms with Crippen LogP contribution >= 0.6 is 0 Å². The Morgan fingerprint density at radius 1 is 1.09 bits per heavy atom. The number of likely N-dealkylation sites (tertiary alicyclic amines) is 1. The molecule has 2 atom stereocenters. The van der Waals surface area contributed by atoms with Gasteiger partial charge in [-0.3, -0.25) is 9.69 Å². The van der Waals surface area contributed by atoms with Gasteiger partial charge in [0.15, 0.2) is 17.3 Å². The standard InChI is InChI=1S/C35H36FN7O4/c1-20-38-34(41-40-20)23-7-9-29-28(17-23)39-31(43(29)18-24-12-15-45-24)19-42-13-10-21(11-14-42)25-4-3-5-30-32(25)47-35(2,46-30)26-8-6-22(33(37)44)16-27(26)36/h3-9,16-17,21,24H,10-15,18-19H2,1-2H3,(H2,37,44)(H,38,40,41). The van der Waals surface area contributed by atoms with E-state index in [9.17, 15) is 4.79 Å². The van der Waals surface area contributed by atoms with Crippen molar-refractivity contribution in [3.63, 3.8) is 0 Å². The van der Waals surface area contributed by atoms with Crippen LogP contribution in [0.3, 0.4) is 0 Å². The molecule has 0 aliphatic carbocycles. The summed E-state index contributed by atoms with van der Waals surface area (Å²) in [6.07, 6.45) is 3.12. The summed E-state index contributed by atoms with van der Waals surface area (Å²) in [4.78, 5) is 22.3. The molecule has 2 saturated heterocycles. The summed E-state index contributed by atoms with van der Waals surface area (Å²) in [7, 11) is 0. The molecular formula is C35H36FN7O4. The predicted octanol–water partition coefficient (Wildman–Crippen LogP) is 5.18. The number of aromatic amines is 1. The molecule has 0 saturated carbocycles. The number of aromatic nitrogens is 5. The van der Waals surface area contributed by atoms with Crippen LogP contribution in [0.25, 0.3) is 22.4 Å². The number of hydrogen-bond donors (Lipinski definition) is 2. The molecule has 11 nitrogen and oxygen atoms in total. The number of nitrogens with two attached hydrogens (primary N) is 1. The lowest BCUT2D eigenvalue weighted by Gasteiger charge is -2.33. The van der Waals surface area contributed by atoms with E-state index in [1.807, 2.05) is 19.1 Å². The number of primary amides is 1. The van der Waals surface area contributed by atoms with Gasteiger partial charge >= 0.3 is 0 Å². The zero-order chi connectivity index (χ0) is 32.3. The molecule has 242 valence electrons. The highest BCUT2D eigenvalue weighted by molar-refractivity contribution is 5.92. The quantitative estimate of drug-likeness (QED) is 0.238. The van der Waals surface area contributed by atoms with Gasteiger partial charge in [-0.15, -0.1) is 10.2 Å². The summed E-state index contributed by atoms with van der Waals surface area (Å²) < 4.78 is 35.8. The van der Waals surface area contributed by atoms with Crippen molar-refractivity contribution < 1.29 is 23.4 Å². The summed E-state index contributed by atoms with van der Waals surface area (Å²) >= 11 is 0. The van der Waals surface area contributed by atoms with Gasteiger partial charge < -0.3 is 29.5 Å². The smallest absolute Gasteiger partial charge is 0.278 e. The largest absolute Gasteiger partial charge is 0.444 e. The Balaban J connectivity index is 0.992. The number of carbonyl (C=O) groups is 1. The van der Waals surface area contributed by atoms with Crippen LogP contribution in [0.2, 0.25) is 0 Å². The number of piperidine rings is 1. The molecule has 1 amide bonds. The van der Waals surface area contributed by atoms with Gasteiger partial charge in [-0.2, -0.15) is 0 Å². The maximum Gasteiger partial charge on any atom is 0.278 e. The molecule has 0 spiro atoms. The summed E-state index contributed by atoms with van der Waals surface area (Å²) in [5.41, 5.74) is 9.67. The van der Waals surface area contributed by atoms with Gasteiger partial charge in [0.2, 0.25) is 5.91 Å². The topological polar surface area (TPSA) is 133 Å². The summed E-state index contributed by atoms with van der Waals surface area (Å²) in [6.45, 7) is 7.68. The molecule has 3 aliphatic heterocycles. The molecule has 5 heterocycles. The first-order valence-corrected chi connectivity index (χ1v) is 16.1. The van der Waals surface area contributed by atoms with Crippen molar-refractivity contribution in [3.05, 3.63) is 88.8 Å². The van der Waals surface area contributed by atoms with E-state index in [4.69, 9.17) is 24.9 Å². The normalized spacial score (nSPS) is 21.3. The number of aryl methyl sites for hydroxylation is 1. The van der Waals surface area contributed by atoms with Gasteiger partial charge in [-0.1, -0.05) is 12.1 Å². The molecule has 0 radical (unpaired) electrons. The summed E-state index contributed by atoms with van der Waals surface area (Å²) in [6, 6.07) is 16.3. The first-order chi connectivity index (χ1) is 22.7. The third-order valence-electron chi connectivity index (χ3n) is 9.63. The van der Waals surface area contributed by atoms with E-state index in [1.165, 1.54) is 12.1 Å². The molecule has 2 unspecified atom stereocenters. The number of nitrogens with one attached hydrogen (secondary N) is 1. The second-order valence-electron chi connectivity index (χ2n) is 12.8. The Labute approximate surface area is 270 Å². The minimum Gasteiger partial charge on any atom is -0.444 e. The number of rotatable bonds is 8. The van der Waals surface area contributed by atoms with E-state index in [-0.39, 0.29) is 23.1 Å². The molecule has 8 rings (SSSR count). The van der Waals surface area contributed by atoms with Crippen LogP contribution in [0.15, 0.2) is 54.6 Å². The highest BCUT2D eigenvalue weighted by Gasteiger charge is 2.43. The van der Waals surface area contributed by atoms with Crippen LogP contribution in [-0.4, -0.2) is 61.3 Å². The van der Waals surface area contributed by atoms with Crippen molar-refractivity contribution in [2.45, 2.75) is 64.0 Å². The molecule has 2 fully saturated rings. The molecule has 3 N–H and O–H groups in total. The molecule has 3 aliphatic rings. The van der Waals surface area contributed by atoms with Crippen molar-refractivity contribution in [2.24, 2.45) is 5.73 Å². The van der Waals surface area contributed by atoms with Gasteiger partial charge in [0.1, 0.15) is 17.5 Å². The lowest BCUT2D eigenvalue weighted by molar-refractivity contribution is -0.0712. The average Bonchev–Trinajstić information content (AvgIpc) is 3.73. The number of H-pyrrole nitrogens is 1. The fourth-order valence-corrected chi connectivity index (χ4v) is 6.98. The lowest BCUT2D eigenvalue weighted by Crippen LogP contribution is -2.35. The first-order valence-electron chi connectivity index (χ1n) is 16.1. The van der Waals surface area contributed by atoms with Crippen LogP contribution in [0, 0.1) is 12.7 Å². The number of carbonyl (C=O) groups excluding carboxylic acids is 1. The van der Waals surface area contributed by atoms with Crippen molar-refractivity contribution in [1.29, 1.82) is 0 Å². The number of amides is 1. The van der Waals surface area contributed by atoms with Crippen molar-refractivity contribution >= 4 is 16.9 Å². The first kappa shape index (κ1) is 29.6. The zero-order valence-corrected chi connectivity index (χ0v) is 26.3. The van der Waals surface area contributed by atoms with E-state index >= 15 is 4.39 Å². The van der Waals surface area contributed by atoms with E-state index in [0.717, 1.165) is 97.7 Å². The van der Waals surface area contributed by atoms with E-state index in [0.29, 0.717) is 11.5 Å². The summed E-state index contributed by atoms with van der Waals surface area (Å²) in [5.74, 6) is 1.35. The Bertz CT molecular complexity index is 2000. The molecule has 0 bridgehead atoms. The average molecular weight is 638 g/mol. The van der Waals surface area contributed by atoms with E-state index in [1.54, 1.807) is 6.92 Å². The van der Waals surface area contributed by atoms with Crippen LogP contribution in [-0.2, 0) is 23.6 Å². The number of fused-ring (bicyclic) bond motifs is 2. The number of hydrogen-bond acceptors (Lipinski definition) is 8. The minimum atomic E-state index is -1.37. The van der Waals surface area contributed by atoms with Crippen LogP contribution in [0.1, 0.15) is 65.2 Å². The molecule has 12 heteroatoms. The molecule has 3 aromatic carbocycles. The third kappa shape index (κ3) is 5.40. The molecule has 5 aromatic rings. The molecular weight excluding hydrogens is 601 g/mol. The van der Waals surface area contributed by atoms with Gasteiger partial charge in [-0.05, 0) is 87.7 Å². The Kier molecular flexibility index (Phi) is 7.21. The van der Waals surface area contributed by atoms with Crippen molar-refractivity contribution in [2.75, 3.05) is 19.7 Å². The number of halogens is 1. The van der Waals surface area contributed by atoms with Gasteiger partial charge in [0.25, 0.3) is 5.79 Å². The highest BCUT2D eigenvalue weighted by atomic mass is 19.1. The number of benzene rings is 3. The van der Waals surface area contributed by atoms with Crippen molar-refractivity contribution in [3.8, 4) is 22.9 Å². The lowest BCUT2D eigenvalue weighted by atomic mass is 9.88. The number of nitrogens with zero attached hydrogens (tertiary/aromatic N) is 5. The van der Waals surface area contributed by atoms with Crippen LogP contribution in [0.5, 0.6) is 11.5 Å². The Hall–Kier alpha value is -4.81. The van der Waals surface area contributed by atoms with Crippen LogP contribution < -0.4 is 15.2 Å². The monoisotopic (exact) mass is 637 g/mol. The van der Waals surface area contributed by atoms with Crippen molar-refractivity contribution in [1.82, 2.24) is 29.6 Å². The zero-order valence-electron chi connectivity index (χ0n) is 26.3. The Morgan fingerprint density at radius 2 is 1.91 bits per heavy atom. The summed E-state index contributed by atoms with van der Waals surface area (Å²) in [5, 5.41) is 8.37. The van der Waals surface area contributed by atoms with E-state index in [2.05, 4.69) is 48.9 Å². The molecule has 2 aromatic heterocycles. The van der Waals surface area contributed by atoms with Gasteiger partial charge in [0.05, 0.1) is 35.8 Å². The second kappa shape index (κ2) is 11.5. The number of ether oxygens (including phenoxy) is 3. The fraction of sp³-hybridized carbons (Fsp3) is 0.371. The SMILES string of the molecule is Cc1nnc(-c2ccc3c(c2)nc(CN2CCC(c4cccc5c4OC(C)(c4ccc(C(N)=O)cc4F)O5)CC2)n3CC2CCO2)[nH]1. The second-order valence-corrected chi connectivity index (χ2v) is 12.8. The maximum absolute atomic E-state index is 15.1. The highest BCUT2D eigenvalue weighted by Crippen LogP contribution is 2.49. The van der Waals surface area contributed by atoms with Gasteiger partial charge in [-0.25, -0.2) is 9.37 Å². The number of imidazole rings is 1. The van der Waals surface area contributed by atoms with Crippen LogP contribution in [0.4, 0.5) is 4.39 Å². The minimum absolute atomic E-state index is 0.0935. The molecule has 47 heavy (non-hydrogen) atoms. The Morgan fingerprint density at radius 3 is 2.62 bits per heavy atom.